The van der Waals surface area contributed by atoms with Gasteiger partial charge >= 0.3 is 0 Å². The molecule has 6 nitrogen and oxygen atoms in total. The molecule has 0 bridgehead atoms. The molecule has 1 heterocycles. The van der Waals surface area contributed by atoms with Gasteiger partial charge in [0.05, 0.1) is 16.0 Å². The van der Waals surface area contributed by atoms with Crippen LogP contribution in [0.15, 0.2) is 12.3 Å². The van der Waals surface area contributed by atoms with E-state index in [1.807, 2.05) is 13.8 Å². The van der Waals surface area contributed by atoms with E-state index in [0.717, 1.165) is 19.4 Å². The van der Waals surface area contributed by atoms with Crippen LogP contribution in [0.4, 0.5) is 11.5 Å². The summed E-state index contributed by atoms with van der Waals surface area (Å²) in [6, 6.07) is 1.29. The van der Waals surface area contributed by atoms with Gasteiger partial charge in [0.1, 0.15) is 12.0 Å². The molecule has 7 heteroatoms. The highest BCUT2D eigenvalue weighted by atomic mass is 35.5. The van der Waals surface area contributed by atoms with Crippen molar-refractivity contribution in [2.45, 2.75) is 32.8 Å². The number of anilines is 1. The standard InChI is InChI=1S/C12H18ClN3O3/c1-9(2)19-6-4-3-5-14-12-11(13)7-10(8-15-12)16(17)18/h7-9H,3-6H2,1-2H3,(H,14,15). The number of nitrogens with one attached hydrogen (secondary N) is 1. The van der Waals surface area contributed by atoms with Crippen LogP contribution >= 0.6 is 11.6 Å². The molecule has 0 aliphatic carbocycles. The summed E-state index contributed by atoms with van der Waals surface area (Å²) in [6.45, 7) is 5.42. The molecule has 106 valence electrons. The molecule has 1 aromatic heterocycles. The largest absolute Gasteiger partial charge is 0.379 e. The summed E-state index contributed by atoms with van der Waals surface area (Å²) in [7, 11) is 0. The molecule has 0 aliphatic heterocycles. The number of ether oxygens (including phenoxy) is 1. The first-order valence-corrected chi connectivity index (χ1v) is 6.54. The van der Waals surface area contributed by atoms with E-state index >= 15 is 0 Å². The SMILES string of the molecule is CC(C)OCCCCNc1ncc([N+](=O)[O-])cc1Cl. The van der Waals surface area contributed by atoms with Gasteiger partial charge in [0.2, 0.25) is 0 Å². The van der Waals surface area contributed by atoms with E-state index in [-0.39, 0.29) is 16.8 Å². The highest BCUT2D eigenvalue weighted by molar-refractivity contribution is 6.33. The smallest absolute Gasteiger partial charge is 0.289 e. The van der Waals surface area contributed by atoms with Crippen molar-refractivity contribution < 1.29 is 9.66 Å². The molecule has 1 rings (SSSR count). The lowest BCUT2D eigenvalue weighted by Crippen LogP contribution is -2.08. The Morgan fingerprint density at radius 2 is 2.26 bits per heavy atom. The monoisotopic (exact) mass is 287 g/mol. The predicted octanol–water partition coefficient (Wildman–Crippen LogP) is 3.26. The maximum atomic E-state index is 10.5. The minimum Gasteiger partial charge on any atom is -0.379 e. The number of aromatic nitrogens is 1. The first kappa shape index (κ1) is 15.7. The number of nitrogens with zero attached hydrogens (tertiary/aromatic N) is 2. The molecule has 0 spiro atoms. The predicted molar refractivity (Wildman–Crippen MR) is 74.7 cm³/mol. The van der Waals surface area contributed by atoms with Crippen molar-refractivity contribution in [2.24, 2.45) is 0 Å². The average Bonchev–Trinajstić information content (AvgIpc) is 2.34. The van der Waals surface area contributed by atoms with Gasteiger partial charge in [0.15, 0.2) is 0 Å². The van der Waals surface area contributed by atoms with E-state index in [9.17, 15) is 10.1 Å². The Balaban J connectivity index is 2.32. The number of rotatable bonds is 8. The molecule has 0 amide bonds. The second-order valence-corrected chi connectivity index (χ2v) is 4.74. The summed E-state index contributed by atoms with van der Waals surface area (Å²) >= 11 is 5.90. The van der Waals surface area contributed by atoms with Crippen molar-refractivity contribution in [3.8, 4) is 0 Å². The number of pyridine rings is 1. The van der Waals surface area contributed by atoms with Crippen LogP contribution in [0.25, 0.3) is 0 Å². The van der Waals surface area contributed by atoms with Crippen molar-refractivity contribution in [1.82, 2.24) is 4.98 Å². The number of nitro groups is 1. The van der Waals surface area contributed by atoms with Crippen LogP contribution in [-0.2, 0) is 4.74 Å². The Hall–Kier alpha value is -1.40. The van der Waals surface area contributed by atoms with Gasteiger partial charge in [-0.05, 0) is 26.7 Å². The molecule has 19 heavy (non-hydrogen) atoms. The Bertz CT molecular complexity index is 427. The Morgan fingerprint density at radius 3 is 2.84 bits per heavy atom. The van der Waals surface area contributed by atoms with Gasteiger partial charge in [-0.1, -0.05) is 11.6 Å². The summed E-state index contributed by atoms with van der Waals surface area (Å²) in [5.41, 5.74) is -0.110. The van der Waals surface area contributed by atoms with Crippen LogP contribution in [0.5, 0.6) is 0 Å². The van der Waals surface area contributed by atoms with Gasteiger partial charge in [-0.15, -0.1) is 0 Å². The first-order valence-electron chi connectivity index (χ1n) is 6.16. The third kappa shape index (κ3) is 5.85. The van der Waals surface area contributed by atoms with Gasteiger partial charge in [-0.3, -0.25) is 10.1 Å². The molecule has 0 aliphatic rings. The zero-order valence-electron chi connectivity index (χ0n) is 11.1. The summed E-state index contributed by atoms with van der Waals surface area (Å²) in [4.78, 5) is 13.9. The minimum atomic E-state index is -0.522. The third-order valence-electron chi connectivity index (χ3n) is 2.35. The quantitative estimate of drug-likeness (QED) is 0.451. The van der Waals surface area contributed by atoms with Crippen LogP contribution in [0.3, 0.4) is 0 Å². The van der Waals surface area contributed by atoms with Crippen molar-refractivity contribution in [3.05, 3.63) is 27.4 Å². The molecular formula is C12H18ClN3O3. The highest BCUT2D eigenvalue weighted by Crippen LogP contribution is 2.23. The molecule has 0 aromatic carbocycles. The fourth-order valence-electron chi connectivity index (χ4n) is 1.41. The van der Waals surface area contributed by atoms with E-state index in [2.05, 4.69) is 10.3 Å². The zero-order chi connectivity index (χ0) is 14.3. The Morgan fingerprint density at radius 1 is 1.53 bits per heavy atom. The molecule has 0 atom stereocenters. The zero-order valence-corrected chi connectivity index (χ0v) is 11.8. The van der Waals surface area contributed by atoms with Crippen LogP contribution < -0.4 is 5.32 Å². The fraction of sp³-hybridized carbons (Fsp3) is 0.583. The van der Waals surface area contributed by atoms with E-state index in [1.165, 1.54) is 12.3 Å². The molecule has 1 N–H and O–H groups in total. The summed E-state index contributed by atoms with van der Waals surface area (Å²) in [5, 5.41) is 13.8. The Labute approximate surface area is 117 Å². The van der Waals surface area contributed by atoms with Gasteiger partial charge in [0.25, 0.3) is 5.69 Å². The Kier molecular flexibility index (Phi) is 6.52. The van der Waals surface area contributed by atoms with Crippen LogP contribution in [0, 0.1) is 10.1 Å². The normalized spacial score (nSPS) is 10.7. The van der Waals surface area contributed by atoms with Crippen molar-refractivity contribution in [3.63, 3.8) is 0 Å². The topological polar surface area (TPSA) is 77.3 Å². The molecule has 0 saturated heterocycles. The van der Waals surface area contributed by atoms with Gasteiger partial charge < -0.3 is 10.1 Å². The first-order chi connectivity index (χ1) is 9.00. The number of halogens is 1. The van der Waals surface area contributed by atoms with Crippen LogP contribution in [0.1, 0.15) is 26.7 Å². The van der Waals surface area contributed by atoms with E-state index in [4.69, 9.17) is 16.3 Å². The number of hydrogen-bond donors (Lipinski definition) is 1. The van der Waals surface area contributed by atoms with Gasteiger partial charge in [-0.2, -0.15) is 0 Å². The lowest BCUT2D eigenvalue weighted by atomic mass is 10.3. The number of hydrogen-bond acceptors (Lipinski definition) is 5. The average molecular weight is 288 g/mol. The molecule has 0 fully saturated rings. The molecule has 0 unspecified atom stereocenters. The van der Waals surface area contributed by atoms with E-state index in [1.54, 1.807) is 0 Å². The van der Waals surface area contributed by atoms with Crippen molar-refractivity contribution in [1.29, 1.82) is 0 Å². The molecule has 0 saturated carbocycles. The molecule has 1 aromatic rings. The maximum absolute atomic E-state index is 10.5. The minimum absolute atomic E-state index is 0.110. The van der Waals surface area contributed by atoms with Crippen LogP contribution in [-0.4, -0.2) is 29.2 Å². The second-order valence-electron chi connectivity index (χ2n) is 4.33. The molecule has 0 radical (unpaired) electrons. The summed E-state index contributed by atoms with van der Waals surface area (Å²) in [6.07, 6.45) is 3.30. The molecular weight excluding hydrogens is 270 g/mol. The second kappa shape index (κ2) is 7.91. The fourth-order valence-corrected chi connectivity index (χ4v) is 1.64. The van der Waals surface area contributed by atoms with E-state index in [0.29, 0.717) is 12.4 Å². The van der Waals surface area contributed by atoms with Gasteiger partial charge in [-0.25, -0.2) is 4.98 Å². The van der Waals surface area contributed by atoms with Crippen molar-refractivity contribution in [2.75, 3.05) is 18.5 Å². The maximum Gasteiger partial charge on any atom is 0.289 e. The van der Waals surface area contributed by atoms with E-state index < -0.39 is 4.92 Å². The van der Waals surface area contributed by atoms with Crippen LogP contribution in [0.2, 0.25) is 5.02 Å². The third-order valence-corrected chi connectivity index (χ3v) is 2.64. The summed E-state index contributed by atoms with van der Waals surface area (Å²) < 4.78 is 5.42. The lowest BCUT2D eigenvalue weighted by Gasteiger charge is -2.08. The van der Waals surface area contributed by atoms with Crippen molar-refractivity contribution >= 4 is 23.1 Å². The van der Waals surface area contributed by atoms with Gasteiger partial charge in [0, 0.05) is 19.2 Å². The lowest BCUT2D eigenvalue weighted by molar-refractivity contribution is -0.385. The number of unbranched alkanes of at least 4 members (excludes halogenated alkanes) is 1. The highest BCUT2D eigenvalue weighted by Gasteiger charge is 2.10. The summed E-state index contributed by atoms with van der Waals surface area (Å²) in [5.74, 6) is 0.469.